The van der Waals surface area contributed by atoms with E-state index in [1.54, 1.807) is 0 Å². The minimum atomic E-state index is 0.238. The van der Waals surface area contributed by atoms with E-state index in [4.69, 9.17) is 0 Å². The van der Waals surface area contributed by atoms with Crippen LogP contribution < -0.4 is 5.32 Å². The van der Waals surface area contributed by atoms with Crippen LogP contribution in [0.1, 0.15) is 51.4 Å². The fourth-order valence-corrected chi connectivity index (χ4v) is 3.48. The molecule has 3 aliphatic carbocycles. The molecule has 0 heterocycles. The maximum Gasteiger partial charge on any atom is 0.0499 e. The van der Waals surface area contributed by atoms with Crippen LogP contribution in [0.4, 0.5) is 0 Å². The van der Waals surface area contributed by atoms with Crippen molar-refractivity contribution in [2.24, 2.45) is 17.3 Å². The predicted octanol–water partition coefficient (Wildman–Crippen LogP) is 2.32. The van der Waals surface area contributed by atoms with E-state index in [0.29, 0.717) is 6.61 Å². The number of hydrogen-bond acceptors (Lipinski definition) is 2. The molecule has 0 unspecified atom stereocenters. The molecule has 92 valence electrons. The quantitative estimate of drug-likeness (QED) is 0.724. The smallest absolute Gasteiger partial charge is 0.0499 e. The highest BCUT2D eigenvalue weighted by molar-refractivity contribution is 4.98. The zero-order chi connectivity index (χ0) is 11.0. The van der Waals surface area contributed by atoms with Gasteiger partial charge in [-0.05, 0) is 50.4 Å². The molecular formula is C14H25NO. The van der Waals surface area contributed by atoms with Gasteiger partial charge in [0.1, 0.15) is 0 Å². The topological polar surface area (TPSA) is 32.3 Å². The Kier molecular flexibility index (Phi) is 2.97. The minimum Gasteiger partial charge on any atom is -0.396 e. The Balaban J connectivity index is 1.53. The first-order valence-corrected chi connectivity index (χ1v) is 7.17. The Hall–Kier alpha value is -0.0800. The Labute approximate surface area is 98.8 Å². The zero-order valence-corrected chi connectivity index (χ0v) is 10.3. The Morgan fingerprint density at radius 1 is 1.06 bits per heavy atom. The summed E-state index contributed by atoms with van der Waals surface area (Å²) in [5, 5.41) is 13.4. The summed E-state index contributed by atoms with van der Waals surface area (Å²) < 4.78 is 0. The van der Waals surface area contributed by atoms with E-state index < -0.39 is 0 Å². The molecule has 3 fully saturated rings. The Bertz CT molecular complexity index is 227. The lowest BCUT2D eigenvalue weighted by Gasteiger charge is -2.30. The van der Waals surface area contributed by atoms with Crippen molar-refractivity contribution in [2.45, 2.75) is 57.4 Å². The molecule has 0 aromatic heterocycles. The molecule has 0 atom stereocenters. The summed E-state index contributed by atoms with van der Waals surface area (Å²) in [6.45, 7) is 1.46. The molecule has 3 aliphatic rings. The van der Waals surface area contributed by atoms with Crippen LogP contribution in [0.2, 0.25) is 0 Å². The first kappa shape index (κ1) is 11.0. The number of rotatable bonds is 6. The molecule has 0 amide bonds. The number of aliphatic hydroxyl groups excluding tert-OH is 1. The van der Waals surface area contributed by atoms with Gasteiger partial charge in [0.05, 0.1) is 0 Å². The van der Waals surface area contributed by atoms with Gasteiger partial charge < -0.3 is 10.4 Å². The molecule has 0 spiro atoms. The van der Waals surface area contributed by atoms with E-state index in [2.05, 4.69) is 5.32 Å². The third-order valence-electron chi connectivity index (χ3n) is 4.97. The van der Waals surface area contributed by atoms with E-state index >= 15 is 0 Å². The van der Waals surface area contributed by atoms with Crippen LogP contribution in [0.25, 0.3) is 0 Å². The molecule has 0 aromatic carbocycles. The number of aliphatic hydroxyl groups is 1. The van der Waals surface area contributed by atoms with E-state index in [9.17, 15) is 5.11 Å². The van der Waals surface area contributed by atoms with Gasteiger partial charge in [-0.15, -0.1) is 0 Å². The van der Waals surface area contributed by atoms with Crippen molar-refractivity contribution in [3.05, 3.63) is 0 Å². The minimum absolute atomic E-state index is 0.238. The van der Waals surface area contributed by atoms with Gasteiger partial charge in [0.2, 0.25) is 0 Å². The van der Waals surface area contributed by atoms with E-state index in [1.165, 1.54) is 51.4 Å². The highest BCUT2D eigenvalue weighted by atomic mass is 16.3. The maximum atomic E-state index is 9.60. The van der Waals surface area contributed by atoms with Crippen molar-refractivity contribution in [2.75, 3.05) is 13.2 Å². The molecule has 2 heteroatoms. The molecule has 3 rings (SSSR count). The summed E-state index contributed by atoms with van der Waals surface area (Å²) in [4.78, 5) is 0. The second-order valence-corrected chi connectivity index (χ2v) is 6.45. The normalized spacial score (nSPS) is 28.9. The van der Waals surface area contributed by atoms with Crippen molar-refractivity contribution in [3.8, 4) is 0 Å². The van der Waals surface area contributed by atoms with Crippen molar-refractivity contribution in [1.29, 1.82) is 0 Å². The SMILES string of the molecule is OCC1(CNC(C2CC2)C2CC2)CCCC1. The lowest BCUT2D eigenvalue weighted by atomic mass is 9.86. The van der Waals surface area contributed by atoms with Crippen LogP contribution in [0.15, 0.2) is 0 Å². The second kappa shape index (κ2) is 4.30. The van der Waals surface area contributed by atoms with Gasteiger partial charge >= 0.3 is 0 Å². The Morgan fingerprint density at radius 3 is 2.06 bits per heavy atom. The monoisotopic (exact) mass is 223 g/mol. The van der Waals surface area contributed by atoms with Crippen LogP contribution in [0, 0.1) is 17.3 Å². The standard InChI is InChI=1S/C14H25NO/c16-10-14(7-1-2-8-14)9-15-13(11-3-4-11)12-5-6-12/h11-13,15-16H,1-10H2. The first-order chi connectivity index (χ1) is 7.83. The molecular weight excluding hydrogens is 198 g/mol. The van der Waals surface area contributed by atoms with Crippen LogP contribution in [0.5, 0.6) is 0 Å². The van der Waals surface area contributed by atoms with Crippen molar-refractivity contribution in [3.63, 3.8) is 0 Å². The van der Waals surface area contributed by atoms with Crippen LogP contribution in [-0.2, 0) is 0 Å². The summed E-state index contributed by atoms with van der Waals surface area (Å²) >= 11 is 0. The molecule has 0 radical (unpaired) electrons. The lowest BCUT2D eigenvalue weighted by Crippen LogP contribution is -2.42. The summed E-state index contributed by atoms with van der Waals surface area (Å²) in [5.41, 5.74) is 0.238. The second-order valence-electron chi connectivity index (χ2n) is 6.45. The highest BCUT2D eigenvalue weighted by Crippen LogP contribution is 2.45. The summed E-state index contributed by atoms with van der Waals surface area (Å²) in [6.07, 6.45) is 10.9. The summed E-state index contributed by atoms with van der Waals surface area (Å²) in [7, 11) is 0. The number of hydrogen-bond donors (Lipinski definition) is 2. The van der Waals surface area contributed by atoms with Gasteiger partial charge in [-0.1, -0.05) is 12.8 Å². The van der Waals surface area contributed by atoms with Gasteiger partial charge in [-0.3, -0.25) is 0 Å². The van der Waals surface area contributed by atoms with Crippen LogP contribution in [0.3, 0.4) is 0 Å². The maximum absolute atomic E-state index is 9.60. The largest absolute Gasteiger partial charge is 0.396 e. The first-order valence-electron chi connectivity index (χ1n) is 7.17. The Morgan fingerprint density at radius 2 is 1.62 bits per heavy atom. The molecule has 0 bridgehead atoms. The zero-order valence-electron chi connectivity index (χ0n) is 10.3. The van der Waals surface area contributed by atoms with Gasteiger partial charge in [-0.2, -0.15) is 0 Å². The van der Waals surface area contributed by atoms with Crippen molar-refractivity contribution >= 4 is 0 Å². The van der Waals surface area contributed by atoms with E-state index in [0.717, 1.165) is 24.4 Å². The lowest BCUT2D eigenvalue weighted by molar-refractivity contribution is 0.122. The van der Waals surface area contributed by atoms with Crippen molar-refractivity contribution in [1.82, 2.24) is 5.32 Å². The molecule has 0 aliphatic heterocycles. The van der Waals surface area contributed by atoms with Gasteiger partial charge in [-0.25, -0.2) is 0 Å². The summed E-state index contributed by atoms with van der Waals surface area (Å²) in [6, 6.07) is 0.795. The van der Waals surface area contributed by atoms with Crippen LogP contribution >= 0.6 is 0 Å². The molecule has 3 saturated carbocycles. The average molecular weight is 223 g/mol. The predicted molar refractivity (Wildman–Crippen MR) is 65.2 cm³/mol. The molecule has 0 saturated heterocycles. The van der Waals surface area contributed by atoms with Crippen LogP contribution in [-0.4, -0.2) is 24.3 Å². The third kappa shape index (κ3) is 2.28. The van der Waals surface area contributed by atoms with Gasteiger partial charge in [0.25, 0.3) is 0 Å². The molecule has 0 aromatic rings. The van der Waals surface area contributed by atoms with Crippen molar-refractivity contribution < 1.29 is 5.11 Å². The summed E-state index contributed by atoms with van der Waals surface area (Å²) in [5.74, 6) is 1.95. The van der Waals surface area contributed by atoms with Gasteiger partial charge in [0, 0.05) is 24.6 Å². The third-order valence-corrected chi connectivity index (χ3v) is 4.97. The van der Waals surface area contributed by atoms with E-state index in [1.807, 2.05) is 0 Å². The molecule has 16 heavy (non-hydrogen) atoms. The van der Waals surface area contributed by atoms with Gasteiger partial charge in [0.15, 0.2) is 0 Å². The fourth-order valence-electron chi connectivity index (χ4n) is 3.48. The highest BCUT2D eigenvalue weighted by Gasteiger charge is 2.42. The molecule has 2 nitrogen and oxygen atoms in total. The fraction of sp³-hybridized carbons (Fsp3) is 1.00. The number of nitrogens with one attached hydrogen (secondary N) is 1. The molecule has 2 N–H and O–H groups in total. The van der Waals surface area contributed by atoms with E-state index in [-0.39, 0.29) is 5.41 Å². The average Bonchev–Trinajstić information content (AvgIpc) is 3.21.